The second-order valence-electron chi connectivity index (χ2n) is 3.93. The zero-order valence-corrected chi connectivity index (χ0v) is 9.53. The maximum absolute atomic E-state index is 12.4. The van der Waals surface area contributed by atoms with Crippen LogP contribution in [0.2, 0.25) is 0 Å². The summed E-state index contributed by atoms with van der Waals surface area (Å²) >= 11 is 0. The molecule has 19 heavy (non-hydrogen) atoms. The lowest BCUT2D eigenvalue weighted by molar-refractivity contribution is -0.155. The van der Waals surface area contributed by atoms with E-state index < -0.39 is 11.9 Å². The molecule has 0 fully saturated rings. The average Bonchev–Trinajstić information content (AvgIpc) is 2.87. The van der Waals surface area contributed by atoms with Crippen molar-refractivity contribution in [3.05, 3.63) is 30.0 Å². The van der Waals surface area contributed by atoms with Crippen LogP contribution in [0, 0.1) is 0 Å². The molecule has 7 heteroatoms. The summed E-state index contributed by atoms with van der Waals surface area (Å²) in [7, 11) is 0. The van der Waals surface area contributed by atoms with Crippen molar-refractivity contribution in [2.75, 3.05) is 13.2 Å². The van der Waals surface area contributed by atoms with Gasteiger partial charge in [0, 0.05) is 11.6 Å². The van der Waals surface area contributed by atoms with Crippen LogP contribution in [-0.4, -0.2) is 18.4 Å². The quantitative estimate of drug-likeness (QED) is 0.799. The Bertz CT molecular complexity index is 607. The Morgan fingerprint density at radius 3 is 2.42 bits per heavy atom. The normalized spacial score (nSPS) is 14.5. The number of nitrogens with zero attached hydrogens (tertiary/aromatic N) is 1. The number of alkyl halides is 3. The van der Waals surface area contributed by atoms with Crippen molar-refractivity contribution < 1.29 is 27.2 Å². The Morgan fingerprint density at radius 2 is 1.74 bits per heavy atom. The third-order valence-corrected chi connectivity index (χ3v) is 2.63. The van der Waals surface area contributed by atoms with E-state index in [-0.39, 0.29) is 5.69 Å². The monoisotopic (exact) mass is 271 g/mol. The van der Waals surface area contributed by atoms with Gasteiger partial charge in [-0.15, -0.1) is 0 Å². The molecule has 0 saturated carbocycles. The van der Waals surface area contributed by atoms with Gasteiger partial charge in [0.2, 0.25) is 5.76 Å². The minimum atomic E-state index is -4.54. The fourth-order valence-electron chi connectivity index (χ4n) is 1.75. The number of hydrogen-bond donors (Lipinski definition) is 0. The van der Waals surface area contributed by atoms with Gasteiger partial charge in [0.1, 0.15) is 18.9 Å². The molecule has 2 aromatic rings. The van der Waals surface area contributed by atoms with Crippen LogP contribution in [0.3, 0.4) is 0 Å². The average molecular weight is 271 g/mol. The fourth-order valence-corrected chi connectivity index (χ4v) is 1.75. The van der Waals surface area contributed by atoms with E-state index in [2.05, 4.69) is 9.68 Å². The van der Waals surface area contributed by atoms with Crippen LogP contribution in [-0.2, 0) is 6.18 Å². The summed E-state index contributed by atoms with van der Waals surface area (Å²) in [6, 6.07) is 5.66. The second kappa shape index (κ2) is 4.18. The molecule has 0 saturated heterocycles. The Morgan fingerprint density at radius 1 is 1.00 bits per heavy atom. The van der Waals surface area contributed by atoms with Crippen LogP contribution in [0.4, 0.5) is 13.2 Å². The molecule has 1 aromatic carbocycles. The lowest BCUT2D eigenvalue weighted by Gasteiger charge is -2.18. The van der Waals surface area contributed by atoms with Crippen LogP contribution in [0.25, 0.3) is 11.3 Å². The highest BCUT2D eigenvalue weighted by atomic mass is 19.4. The molecule has 4 nitrogen and oxygen atoms in total. The number of aromatic nitrogens is 1. The van der Waals surface area contributed by atoms with Crippen molar-refractivity contribution in [2.24, 2.45) is 0 Å². The van der Waals surface area contributed by atoms with Crippen molar-refractivity contribution in [1.82, 2.24) is 5.16 Å². The number of rotatable bonds is 1. The molecule has 2 heterocycles. The van der Waals surface area contributed by atoms with E-state index >= 15 is 0 Å². The van der Waals surface area contributed by atoms with Gasteiger partial charge in [0.05, 0.1) is 0 Å². The summed E-state index contributed by atoms with van der Waals surface area (Å²) in [6.45, 7) is 0.859. The molecule has 0 aliphatic carbocycles. The third-order valence-electron chi connectivity index (χ3n) is 2.63. The summed E-state index contributed by atoms with van der Waals surface area (Å²) < 4.78 is 52.2. The smallest absolute Gasteiger partial charge is 0.452 e. The Balaban J connectivity index is 1.96. The summed E-state index contributed by atoms with van der Waals surface area (Å²) in [5.74, 6) is -0.0766. The van der Waals surface area contributed by atoms with Gasteiger partial charge < -0.3 is 14.0 Å². The van der Waals surface area contributed by atoms with Gasteiger partial charge in [-0.25, -0.2) is 0 Å². The van der Waals surface area contributed by atoms with Crippen LogP contribution in [0.5, 0.6) is 11.5 Å². The molecular formula is C12H8F3NO3. The van der Waals surface area contributed by atoms with Gasteiger partial charge in [0.15, 0.2) is 11.5 Å². The first kappa shape index (κ1) is 11.9. The van der Waals surface area contributed by atoms with E-state index in [9.17, 15) is 13.2 Å². The van der Waals surface area contributed by atoms with Gasteiger partial charge in [-0.3, -0.25) is 0 Å². The van der Waals surface area contributed by atoms with E-state index in [0.29, 0.717) is 30.3 Å². The topological polar surface area (TPSA) is 44.5 Å². The molecule has 0 bridgehead atoms. The van der Waals surface area contributed by atoms with Crippen molar-refractivity contribution in [3.8, 4) is 22.8 Å². The van der Waals surface area contributed by atoms with Crippen LogP contribution in [0.1, 0.15) is 5.76 Å². The largest absolute Gasteiger partial charge is 0.486 e. The molecule has 1 aliphatic rings. The molecule has 0 atom stereocenters. The van der Waals surface area contributed by atoms with Gasteiger partial charge in [-0.05, 0) is 18.2 Å². The lowest BCUT2D eigenvalue weighted by Crippen LogP contribution is -2.15. The Hall–Kier alpha value is -2.18. The summed E-state index contributed by atoms with van der Waals surface area (Å²) in [6.07, 6.45) is -4.54. The van der Waals surface area contributed by atoms with Gasteiger partial charge in [-0.2, -0.15) is 13.2 Å². The predicted molar refractivity (Wildman–Crippen MR) is 57.9 cm³/mol. The summed E-state index contributed by atoms with van der Waals surface area (Å²) in [5, 5.41) is 3.41. The molecule has 0 amide bonds. The molecule has 1 aliphatic heterocycles. The zero-order chi connectivity index (χ0) is 13.5. The van der Waals surface area contributed by atoms with Crippen molar-refractivity contribution in [2.45, 2.75) is 6.18 Å². The number of ether oxygens (including phenoxy) is 2. The standard InChI is InChI=1S/C12H8F3NO3/c13-12(14,15)11-6-8(16-19-11)7-1-2-9-10(5-7)18-4-3-17-9/h1-2,5-6H,3-4H2. The second-order valence-corrected chi connectivity index (χ2v) is 3.93. The molecule has 0 unspecified atom stereocenters. The first-order valence-corrected chi connectivity index (χ1v) is 5.48. The SMILES string of the molecule is FC(F)(F)c1cc(-c2ccc3c(c2)OCCO3)no1. The third kappa shape index (κ3) is 2.23. The van der Waals surface area contributed by atoms with Crippen LogP contribution >= 0.6 is 0 Å². The van der Waals surface area contributed by atoms with Crippen LogP contribution in [0.15, 0.2) is 28.8 Å². The molecule has 1 aromatic heterocycles. The lowest BCUT2D eigenvalue weighted by atomic mass is 10.1. The Labute approximate surface area is 105 Å². The van der Waals surface area contributed by atoms with Gasteiger partial charge in [0.25, 0.3) is 0 Å². The van der Waals surface area contributed by atoms with Gasteiger partial charge in [-0.1, -0.05) is 5.16 Å². The van der Waals surface area contributed by atoms with Crippen LogP contribution < -0.4 is 9.47 Å². The van der Waals surface area contributed by atoms with Crippen molar-refractivity contribution in [3.63, 3.8) is 0 Å². The molecular weight excluding hydrogens is 263 g/mol. The molecule has 100 valence electrons. The van der Waals surface area contributed by atoms with E-state index in [1.54, 1.807) is 18.2 Å². The van der Waals surface area contributed by atoms with E-state index in [1.807, 2.05) is 0 Å². The first-order chi connectivity index (χ1) is 9.04. The molecule has 3 rings (SSSR count). The predicted octanol–water partition coefficient (Wildman–Crippen LogP) is 3.13. The summed E-state index contributed by atoms with van der Waals surface area (Å²) in [4.78, 5) is 0. The molecule has 0 spiro atoms. The van der Waals surface area contributed by atoms with E-state index in [1.165, 1.54) is 0 Å². The number of halogens is 3. The fraction of sp³-hybridized carbons (Fsp3) is 0.250. The zero-order valence-electron chi connectivity index (χ0n) is 9.53. The molecule has 0 radical (unpaired) electrons. The van der Waals surface area contributed by atoms with E-state index in [4.69, 9.17) is 9.47 Å². The molecule has 0 N–H and O–H groups in total. The summed E-state index contributed by atoms with van der Waals surface area (Å²) in [5.41, 5.74) is 0.577. The maximum atomic E-state index is 12.4. The van der Waals surface area contributed by atoms with Crippen molar-refractivity contribution in [1.29, 1.82) is 0 Å². The number of fused-ring (bicyclic) bond motifs is 1. The number of benzene rings is 1. The highest BCUT2D eigenvalue weighted by Crippen LogP contribution is 2.36. The highest BCUT2D eigenvalue weighted by molar-refractivity contribution is 5.64. The minimum absolute atomic E-state index is 0.101. The maximum Gasteiger partial charge on any atom is 0.452 e. The van der Waals surface area contributed by atoms with Gasteiger partial charge >= 0.3 is 6.18 Å². The first-order valence-electron chi connectivity index (χ1n) is 5.48. The van der Waals surface area contributed by atoms with Crippen molar-refractivity contribution >= 4 is 0 Å². The Kier molecular flexibility index (Phi) is 2.62. The highest BCUT2D eigenvalue weighted by Gasteiger charge is 2.36. The van der Waals surface area contributed by atoms with E-state index in [0.717, 1.165) is 6.07 Å². The number of hydrogen-bond acceptors (Lipinski definition) is 4. The minimum Gasteiger partial charge on any atom is -0.486 e.